The quantitative estimate of drug-likeness (QED) is 0.0145. The molecule has 0 saturated carbocycles. The highest BCUT2D eigenvalue weighted by Crippen LogP contribution is 2.40. The number of amides is 6. The number of carbonyl (C=O) groups excluding carboxylic acids is 7. The summed E-state index contributed by atoms with van der Waals surface area (Å²) in [5.74, 6) is -8.53. The molecular weight excluding hydrogens is 1650 g/mol. The van der Waals surface area contributed by atoms with Gasteiger partial charge in [0.1, 0.15) is 60.2 Å². The predicted octanol–water partition coefficient (Wildman–Crippen LogP) is 4.38. The van der Waals surface area contributed by atoms with Crippen LogP contribution in [0, 0.1) is 30.6 Å². The molecular formula is C86H119N10O26S2+. The highest BCUT2D eigenvalue weighted by molar-refractivity contribution is 7.91. The topological polar surface area (TPSA) is 474 Å². The van der Waals surface area contributed by atoms with Crippen molar-refractivity contribution in [2.45, 2.75) is 192 Å². The molecule has 0 spiro atoms. The van der Waals surface area contributed by atoms with E-state index < -0.39 is 176 Å². The van der Waals surface area contributed by atoms with E-state index in [1.54, 1.807) is 89.4 Å². The van der Waals surface area contributed by atoms with Gasteiger partial charge in [-0.15, -0.1) is 13.5 Å². The maximum Gasteiger partial charge on any atom is 0.501 e. The molecule has 38 heteroatoms. The number of sulfone groups is 1. The summed E-state index contributed by atoms with van der Waals surface area (Å²) >= 11 is 0. The number of nitrogens with zero attached hydrogens (tertiary/aromatic N) is 6. The van der Waals surface area contributed by atoms with Gasteiger partial charge in [0.05, 0.1) is 120 Å². The van der Waals surface area contributed by atoms with Gasteiger partial charge < -0.3 is 103 Å². The number of ether oxygens (including phenoxy) is 7. The van der Waals surface area contributed by atoms with Crippen molar-refractivity contribution in [2.75, 3.05) is 88.2 Å². The Kier molecular flexibility index (Phi) is 36.0. The zero-order chi connectivity index (χ0) is 91.2. The van der Waals surface area contributed by atoms with E-state index in [-0.39, 0.29) is 114 Å². The van der Waals surface area contributed by atoms with Crippen LogP contribution in [0.25, 0.3) is 0 Å². The van der Waals surface area contributed by atoms with Gasteiger partial charge >= 0.3 is 16.4 Å². The number of carbonyl (C=O) groups is 8. The van der Waals surface area contributed by atoms with Crippen LogP contribution in [-0.4, -0.2) is 280 Å². The number of rotatable bonds is 47. The summed E-state index contributed by atoms with van der Waals surface area (Å²) in [6.45, 7) is 14.3. The van der Waals surface area contributed by atoms with Gasteiger partial charge in [-0.25, -0.2) is 17.9 Å². The maximum absolute atomic E-state index is 15.2. The number of hydrogen-bond acceptors (Lipinski definition) is 27. The Morgan fingerprint density at radius 2 is 1.37 bits per heavy atom. The van der Waals surface area contributed by atoms with E-state index in [9.17, 15) is 71.1 Å². The van der Waals surface area contributed by atoms with Crippen LogP contribution in [0.2, 0.25) is 0 Å². The lowest BCUT2D eigenvalue weighted by Crippen LogP contribution is -2.63. The normalized spacial score (nSPS) is 18.8. The van der Waals surface area contributed by atoms with E-state index in [2.05, 4.69) is 31.6 Å². The molecule has 6 aromatic rings. The van der Waals surface area contributed by atoms with Crippen LogP contribution in [0.4, 0.5) is 0 Å². The Morgan fingerprint density at radius 1 is 0.726 bits per heavy atom. The number of Topliss-reactive ketones (excluding diaryl/α,β-unsaturated/α-hetero) is 1. The van der Waals surface area contributed by atoms with Crippen molar-refractivity contribution in [1.82, 2.24) is 46.1 Å². The Bertz CT molecular complexity index is 4820. The molecule has 5 aromatic carbocycles. The first-order chi connectivity index (χ1) is 58.7. The second-order valence-electron chi connectivity index (χ2n) is 32.3. The molecule has 124 heavy (non-hydrogen) atoms. The Balaban J connectivity index is 0.890. The van der Waals surface area contributed by atoms with Crippen molar-refractivity contribution in [1.29, 1.82) is 0 Å². The minimum atomic E-state index is -5.31. The molecule has 3 heterocycles. The van der Waals surface area contributed by atoms with Crippen LogP contribution in [0.1, 0.15) is 134 Å². The minimum absolute atomic E-state index is 0.00679. The maximum atomic E-state index is 15.2. The number of benzene rings is 5. The number of aliphatic hydroxyl groups excluding tert-OH is 4. The van der Waals surface area contributed by atoms with Crippen molar-refractivity contribution in [2.24, 2.45) is 23.7 Å². The SMILES string of the molecule is CCC(C)[C@@H]([C@@H](CC(=O)N1CCC[C@H]1[C@H](OC)[C@@H](C)C(=O)NC(Cc1ccccc1)C(=O)O)OC)N(C)C(=O)[C@@H](NC(=O)[C@H](C(C)C)[N+](C)(C)Cc1c(OC)cc(OS(=O)(=O)Oc2cc(C(=O)NCCOCCn3cc(CNC(=O)c4ccc(C(=O)CCS(=O)(=O)c5ccc(C)cc5)cc4)nn3)ccc2OC2O[C@H](CO)[C@H](O)[C@H](O)[C@H]2O)cc1OC)C(C)C. The van der Waals surface area contributed by atoms with Crippen LogP contribution >= 0.6 is 0 Å². The van der Waals surface area contributed by atoms with E-state index >= 15 is 9.59 Å². The van der Waals surface area contributed by atoms with Crippen LogP contribution in [0.3, 0.4) is 0 Å². The number of hydrogen-bond donors (Lipinski definition) is 9. The fraction of sp³-hybridized carbons (Fsp3) is 0.535. The van der Waals surface area contributed by atoms with Crippen molar-refractivity contribution in [3.05, 3.63) is 154 Å². The molecule has 6 amide bonds. The number of aliphatic hydroxyl groups is 4. The fourth-order valence-electron chi connectivity index (χ4n) is 15.5. The summed E-state index contributed by atoms with van der Waals surface area (Å²) in [6.07, 6.45) is -7.76. The fourth-order valence-corrected chi connectivity index (χ4v) is 17.5. The number of aryl methyl sites for hydroxylation is 1. The molecule has 9 N–H and O–H groups in total. The third-order valence-corrected chi connectivity index (χ3v) is 24.8. The monoisotopic (exact) mass is 1770 g/mol. The molecule has 2 aliphatic rings. The third kappa shape index (κ3) is 26.2. The van der Waals surface area contributed by atoms with Crippen molar-refractivity contribution < 1.29 is 127 Å². The molecule has 680 valence electrons. The molecule has 36 nitrogen and oxygen atoms in total. The van der Waals surface area contributed by atoms with Gasteiger partial charge in [-0.05, 0) is 79.6 Å². The highest BCUT2D eigenvalue weighted by atomic mass is 32.3. The number of aromatic nitrogens is 3. The lowest BCUT2D eigenvalue weighted by molar-refractivity contribution is -0.922. The second kappa shape index (κ2) is 45.1. The summed E-state index contributed by atoms with van der Waals surface area (Å²) in [5, 5.41) is 71.4. The van der Waals surface area contributed by atoms with Gasteiger partial charge in [-0.3, -0.25) is 33.6 Å². The third-order valence-electron chi connectivity index (χ3n) is 22.3. The Labute approximate surface area is 723 Å². The van der Waals surface area contributed by atoms with Crippen LogP contribution in [0.5, 0.6) is 28.7 Å². The molecule has 14 atom stereocenters. The first-order valence-corrected chi connectivity index (χ1v) is 44.0. The van der Waals surface area contributed by atoms with Crippen molar-refractivity contribution >= 4 is 67.4 Å². The van der Waals surface area contributed by atoms with Gasteiger partial charge in [0.25, 0.3) is 17.7 Å². The van der Waals surface area contributed by atoms with Gasteiger partial charge in [0.2, 0.25) is 24.0 Å². The van der Waals surface area contributed by atoms with Crippen LogP contribution < -0.4 is 43.8 Å². The zero-order valence-corrected chi connectivity index (χ0v) is 74.3. The predicted molar refractivity (Wildman–Crippen MR) is 451 cm³/mol. The lowest BCUT2D eigenvalue weighted by atomic mass is 9.89. The van der Waals surface area contributed by atoms with E-state index in [1.165, 1.54) is 92.6 Å². The average molecular weight is 1770 g/mol. The number of carboxylic acids is 1. The summed E-state index contributed by atoms with van der Waals surface area (Å²) in [7, 11) is 1.73. The molecule has 0 radical (unpaired) electrons. The zero-order valence-electron chi connectivity index (χ0n) is 72.6. The van der Waals surface area contributed by atoms with Gasteiger partial charge in [0, 0.05) is 81.9 Å². The van der Waals surface area contributed by atoms with Crippen molar-refractivity contribution in [3.8, 4) is 28.7 Å². The number of nitrogens with one attached hydrogen (secondary N) is 4. The Hall–Kier alpha value is -10.3. The standard InChI is InChI=1S/C86H118N10O26S2/c1-16-53(7)74(70(116-14)45-72(99)95-36-20-23-64(95)79(117-15)54(8)80(103)89-63(85(108)109)41-55-21-18-17-19-22-55)93(9)84(107)73(50(2)3)90-83(106)75(51(4)5)96(10,11)48-62-67(114-12)43-60(44-68(62)115-13)121-124(112,113)122-69-42-58(30-33-66(69)119-86-78(102)77(101)76(100)71(49-97)120-86)82(105)87-35-38-118-39-37-94-47-59(91-92-94)46-88-81(104)57-28-26-56(27-29-57)65(98)34-40-123(110,111)61-31-24-52(6)25-32-61/h17-19,21-22,24-33,42-44,47,50-51,53-54,63-64,70-71,73-79,86,97,100-102H,16,20,23,34-41,45-46,48-49H2,1-15H3,(H4-,87,88,89,90,103,104,105,106,108,109)/p+1/t53?,54-,63?,64+,70-,71-,73+,74+,75+,76+,77+,78-,79-,86?/m1/s1. The van der Waals surface area contributed by atoms with E-state index in [4.69, 9.17) is 41.5 Å². The number of likely N-dealkylation sites (N-methyl/N-ethyl adjacent to an activating group) is 2. The summed E-state index contributed by atoms with van der Waals surface area (Å²) in [4.78, 5) is 114. The molecule has 3 unspecified atom stereocenters. The first kappa shape index (κ1) is 99.2. The first-order valence-electron chi connectivity index (χ1n) is 41.0. The molecule has 8 rings (SSSR count). The lowest BCUT2D eigenvalue weighted by Gasteiger charge is -2.42. The van der Waals surface area contributed by atoms with Crippen LogP contribution in [-0.2, 0) is 89.2 Å². The molecule has 0 aliphatic carbocycles. The average Bonchev–Trinajstić information content (AvgIpc) is 0.867. The van der Waals surface area contributed by atoms with Gasteiger partial charge in [-0.1, -0.05) is 120 Å². The number of carboxylic acid groups (broad SMARTS) is 1. The smallest absolute Gasteiger partial charge is 0.496 e. The summed E-state index contributed by atoms with van der Waals surface area (Å²) in [6, 6.07) is 22.4. The molecule has 2 saturated heterocycles. The molecule has 0 bridgehead atoms. The van der Waals surface area contributed by atoms with E-state index in [0.29, 0.717) is 37.1 Å². The number of methoxy groups -OCH3 is 4. The summed E-state index contributed by atoms with van der Waals surface area (Å²) < 4.78 is 107. The number of likely N-dealkylation sites (tertiary alicyclic amines) is 1. The van der Waals surface area contributed by atoms with E-state index in [1.807, 2.05) is 40.7 Å². The minimum Gasteiger partial charge on any atom is -0.496 e. The van der Waals surface area contributed by atoms with E-state index in [0.717, 1.165) is 23.3 Å². The van der Waals surface area contributed by atoms with Gasteiger partial charge in [-0.2, -0.15) is 0 Å². The summed E-state index contributed by atoms with van der Waals surface area (Å²) in [5.41, 5.74) is 2.67. The number of aliphatic carboxylic acids is 1. The second-order valence-corrected chi connectivity index (χ2v) is 35.6. The highest BCUT2D eigenvalue weighted by Gasteiger charge is 2.48. The van der Waals surface area contributed by atoms with Crippen molar-refractivity contribution in [3.63, 3.8) is 0 Å². The largest absolute Gasteiger partial charge is 0.501 e. The van der Waals surface area contributed by atoms with Crippen LogP contribution in [0.15, 0.2) is 120 Å². The number of quaternary nitrogens is 1. The molecule has 2 fully saturated rings. The molecule has 1 aromatic heterocycles. The Morgan fingerprint density at radius 3 is 1.98 bits per heavy atom. The van der Waals surface area contributed by atoms with Gasteiger partial charge in [0.15, 0.2) is 38.9 Å². The number of ketones is 1. The molecule has 2 aliphatic heterocycles.